The molecule has 0 radical (unpaired) electrons. The predicted octanol–water partition coefficient (Wildman–Crippen LogP) is 3.30. The zero-order valence-electron chi connectivity index (χ0n) is 9.65. The number of nitrogens with zero attached hydrogens (tertiary/aromatic N) is 1. The van der Waals surface area contributed by atoms with Gasteiger partial charge in [0.1, 0.15) is 0 Å². The van der Waals surface area contributed by atoms with Gasteiger partial charge in [0, 0.05) is 17.5 Å². The molecular formula is C14H12ClNO2. The molecule has 0 aliphatic heterocycles. The summed E-state index contributed by atoms with van der Waals surface area (Å²) in [6, 6.07) is 5.09. The highest BCUT2D eigenvalue weighted by molar-refractivity contribution is 6.35. The van der Waals surface area contributed by atoms with Gasteiger partial charge in [-0.2, -0.15) is 0 Å². The van der Waals surface area contributed by atoms with Crippen molar-refractivity contribution in [2.75, 3.05) is 0 Å². The van der Waals surface area contributed by atoms with Crippen LogP contribution in [0.2, 0.25) is 5.02 Å². The van der Waals surface area contributed by atoms with Crippen LogP contribution in [0.4, 0.5) is 0 Å². The van der Waals surface area contributed by atoms with Gasteiger partial charge in [0.2, 0.25) is 0 Å². The smallest absolute Gasteiger partial charge is 0.177 e. The lowest BCUT2D eigenvalue weighted by molar-refractivity contribution is 0.404. The van der Waals surface area contributed by atoms with Crippen LogP contribution in [0.25, 0.3) is 11.1 Å². The Labute approximate surface area is 110 Å². The van der Waals surface area contributed by atoms with E-state index in [1.165, 1.54) is 11.6 Å². The number of halogens is 1. The maximum Gasteiger partial charge on any atom is 0.177 e. The van der Waals surface area contributed by atoms with E-state index in [2.05, 4.69) is 4.98 Å². The third-order valence-corrected chi connectivity index (χ3v) is 3.75. The number of phenolic OH excluding ortho intramolecular Hbond substituents is 2. The Hall–Kier alpha value is -1.74. The van der Waals surface area contributed by atoms with Crippen LogP contribution in [-0.4, -0.2) is 15.2 Å². The van der Waals surface area contributed by atoms with Gasteiger partial charge in [0.05, 0.1) is 5.02 Å². The molecule has 0 saturated heterocycles. The number of aromatic nitrogens is 1. The van der Waals surface area contributed by atoms with Crippen LogP contribution in [0.5, 0.6) is 11.5 Å². The number of rotatable bonds is 1. The van der Waals surface area contributed by atoms with E-state index in [1.807, 2.05) is 6.07 Å². The fourth-order valence-corrected chi connectivity index (χ4v) is 2.74. The first-order valence-electron chi connectivity index (χ1n) is 5.86. The SMILES string of the molecule is Oc1ccc(-c2ccnc3c2CCC3)c(Cl)c1O. The number of aryl methyl sites for hydroxylation is 1. The van der Waals surface area contributed by atoms with Crippen molar-refractivity contribution in [2.45, 2.75) is 19.3 Å². The Balaban J connectivity index is 2.23. The van der Waals surface area contributed by atoms with E-state index in [4.69, 9.17) is 11.6 Å². The number of hydrogen-bond acceptors (Lipinski definition) is 3. The molecule has 92 valence electrons. The van der Waals surface area contributed by atoms with Crippen LogP contribution in [0, 0.1) is 0 Å². The van der Waals surface area contributed by atoms with Gasteiger partial charge in [-0.25, -0.2) is 0 Å². The van der Waals surface area contributed by atoms with Gasteiger partial charge < -0.3 is 10.2 Å². The Kier molecular flexibility index (Phi) is 2.63. The van der Waals surface area contributed by atoms with E-state index >= 15 is 0 Å². The van der Waals surface area contributed by atoms with E-state index in [0.29, 0.717) is 0 Å². The first-order chi connectivity index (χ1) is 8.68. The third-order valence-electron chi connectivity index (χ3n) is 3.37. The second-order valence-electron chi connectivity index (χ2n) is 4.43. The van der Waals surface area contributed by atoms with Gasteiger partial charge in [-0.3, -0.25) is 4.98 Å². The zero-order chi connectivity index (χ0) is 12.7. The number of benzene rings is 1. The molecule has 0 fully saturated rings. The lowest BCUT2D eigenvalue weighted by Gasteiger charge is -2.11. The maximum atomic E-state index is 9.70. The molecule has 2 N–H and O–H groups in total. The second kappa shape index (κ2) is 4.18. The molecule has 18 heavy (non-hydrogen) atoms. The highest BCUT2D eigenvalue weighted by Gasteiger charge is 2.19. The molecule has 0 saturated carbocycles. The monoisotopic (exact) mass is 261 g/mol. The molecule has 0 bridgehead atoms. The molecule has 0 unspecified atom stereocenters. The van der Waals surface area contributed by atoms with Gasteiger partial charge in [0.15, 0.2) is 11.5 Å². The summed E-state index contributed by atoms with van der Waals surface area (Å²) in [4.78, 5) is 4.36. The Bertz CT molecular complexity index is 625. The van der Waals surface area contributed by atoms with Crippen molar-refractivity contribution >= 4 is 11.6 Å². The largest absolute Gasteiger partial charge is 0.504 e. The summed E-state index contributed by atoms with van der Waals surface area (Å²) in [5, 5.41) is 19.3. The average molecular weight is 262 g/mol. The van der Waals surface area contributed by atoms with Crippen LogP contribution in [-0.2, 0) is 12.8 Å². The second-order valence-corrected chi connectivity index (χ2v) is 4.81. The Morgan fingerprint density at radius 3 is 2.72 bits per heavy atom. The first kappa shape index (κ1) is 11.4. The quantitative estimate of drug-likeness (QED) is 0.775. The van der Waals surface area contributed by atoms with Gasteiger partial charge in [-0.05, 0) is 48.6 Å². The molecule has 0 atom stereocenters. The van der Waals surface area contributed by atoms with Crippen LogP contribution in [0.15, 0.2) is 24.4 Å². The molecule has 4 heteroatoms. The number of hydrogen-bond donors (Lipinski definition) is 2. The standard InChI is InChI=1S/C14H12ClNO2/c15-13-10(4-5-12(17)14(13)18)8-6-7-16-11-3-1-2-9(8)11/h4-7,17-18H,1-3H2. The van der Waals surface area contributed by atoms with Crippen LogP contribution >= 0.6 is 11.6 Å². The summed E-state index contributed by atoms with van der Waals surface area (Å²) in [5.41, 5.74) is 4.05. The summed E-state index contributed by atoms with van der Waals surface area (Å²) in [5.74, 6) is -0.466. The van der Waals surface area contributed by atoms with E-state index in [1.54, 1.807) is 12.3 Å². The lowest BCUT2D eigenvalue weighted by atomic mass is 9.99. The molecule has 3 nitrogen and oxygen atoms in total. The number of phenols is 2. The number of aromatic hydroxyl groups is 2. The van der Waals surface area contributed by atoms with Crippen LogP contribution in [0.3, 0.4) is 0 Å². The van der Waals surface area contributed by atoms with E-state index in [0.717, 1.165) is 36.1 Å². The third kappa shape index (κ3) is 1.63. The van der Waals surface area contributed by atoms with Gasteiger partial charge in [-0.1, -0.05) is 11.6 Å². The Morgan fingerprint density at radius 2 is 1.89 bits per heavy atom. The summed E-state index contributed by atoms with van der Waals surface area (Å²) in [7, 11) is 0. The average Bonchev–Trinajstić information content (AvgIpc) is 2.84. The lowest BCUT2D eigenvalue weighted by Crippen LogP contribution is -1.92. The van der Waals surface area contributed by atoms with Crippen molar-refractivity contribution in [1.82, 2.24) is 4.98 Å². The minimum atomic E-state index is -0.266. The topological polar surface area (TPSA) is 53.4 Å². The first-order valence-corrected chi connectivity index (χ1v) is 6.24. The molecule has 1 aliphatic rings. The molecule has 1 aliphatic carbocycles. The van der Waals surface area contributed by atoms with Crippen molar-refractivity contribution in [3.05, 3.63) is 40.7 Å². The molecule has 1 aromatic heterocycles. The van der Waals surface area contributed by atoms with Gasteiger partial charge in [0.25, 0.3) is 0 Å². The van der Waals surface area contributed by atoms with Crippen molar-refractivity contribution in [2.24, 2.45) is 0 Å². The predicted molar refractivity (Wildman–Crippen MR) is 70.0 cm³/mol. The maximum absolute atomic E-state index is 9.70. The van der Waals surface area contributed by atoms with Gasteiger partial charge in [-0.15, -0.1) is 0 Å². The summed E-state index contributed by atoms with van der Waals surface area (Å²) >= 11 is 6.10. The molecule has 0 spiro atoms. The molecule has 2 aromatic rings. The highest BCUT2D eigenvalue weighted by Crippen LogP contribution is 2.42. The molecule has 3 rings (SSSR count). The molecule has 1 heterocycles. The van der Waals surface area contributed by atoms with Crippen LogP contribution in [0.1, 0.15) is 17.7 Å². The van der Waals surface area contributed by atoms with Crippen molar-refractivity contribution in [1.29, 1.82) is 0 Å². The fraction of sp³-hybridized carbons (Fsp3) is 0.214. The van der Waals surface area contributed by atoms with Crippen molar-refractivity contribution in [3.63, 3.8) is 0 Å². The van der Waals surface area contributed by atoms with Crippen molar-refractivity contribution in [3.8, 4) is 22.6 Å². The summed E-state index contributed by atoms with van der Waals surface area (Å²) in [6.45, 7) is 0. The zero-order valence-corrected chi connectivity index (χ0v) is 10.4. The summed E-state index contributed by atoms with van der Waals surface area (Å²) in [6.07, 6.45) is 4.84. The van der Waals surface area contributed by atoms with E-state index in [9.17, 15) is 10.2 Å². The minimum Gasteiger partial charge on any atom is -0.504 e. The van der Waals surface area contributed by atoms with Crippen molar-refractivity contribution < 1.29 is 10.2 Å². The molecule has 1 aromatic carbocycles. The summed E-state index contributed by atoms with van der Waals surface area (Å²) < 4.78 is 0. The fourth-order valence-electron chi connectivity index (χ4n) is 2.48. The number of pyridine rings is 1. The number of fused-ring (bicyclic) bond motifs is 1. The van der Waals surface area contributed by atoms with E-state index < -0.39 is 0 Å². The van der Waals surface area contributed by atoms with Crippen LogP contribution < -0.4 is 0 Å². The Morgan fingerprint density at radius 1 is 1.06 bits per heavy atom. The van der Waals surface area contributed by atoms with Gasteiger partial charge >= 0.3 is 0 Å². The molecule has 0 amide bonds. The minimum absolute atomic E-state index is 0.190. The van der Waals surface area contributed by atoms with E-state index in [-0.39, 0.29) is 16.5 Å². The highest BCUT2D eigenvalue weighted by atomic mass is 35.5. The molecular weight excluding hydrogens is 250 g/mol. The normalized spacial score (nSPS) is 13.6.